The second kappa shape index (κ2) is 8.93. The van der Waals surface area contributed by atoms with Gasteiger partial charge in [0.1, 0.15) is 5.75 Å². The first kappa shape index (κ1) is 20.0. The molecule has 2 heterocycles. The molecule has 0 saturated carbocycles. The fraction of sp³-hybridized carbons (Fsp3) is 0.600. The molecule has 0 atom stereocenters. The molecule has 0 N–H and O–H groups in total. The van der Waals surface area contributed by atoms with Gasteiger partial charge in [0.05, 0.1) is 12.7 Å². The number of carbonyl (C=O) groups excluding carboxylic acids is 2. The van der Waals surface area contributed by atoms with Crippen LogP contribution in [0.4, 0.5) is 0 Å². The lowest BCUT2D eigenvalue weighted by Crippen LogP contribution is -2.45. The predicted octanol–water partition coefficient (Wildman–Crippen LogP) is 2.36. The van der Waals surface area contributed by atoms with E-state index in [2.05, 4.69) is 11.9 Å². The molecule has 1 aromatic rings. The molecule has 27 heavy (non-hydrogen) atoms. The van der Waals surface area contributed by atoms with Gasteiger partial charge in [-0.05, 0) is 51.1 Å². The molecule has 2 fully saturated rings. The van der Waals surface area contributed by atoms with E-state index < -0.39 is 0 Å². The Hall–Kier alpha value is -1.79. The Morgan fingerprint density at radius 3 is 2.48 bits per heavy atom. The van der Waals surface area contributed by atoms with Crippen LogP contribution in [0, 0.1) is 5.92 Å². The molecule has 148 valence electrons. The van der Waals surface area contributed by atoms with Crippen LogP contribution < -0.4 is 4.74 Å². The number of halogens is 1. The maximum atomic E-state index is 12.9. The first-order chi connectivity index (χ1) is 13.0. The van der Waals surface area contributed by atoms with Gasteiger partial charge in [0.15, 0.2) is 0 Å². The number of likely N-dealkylation sites (N-methyl/N-ethyl adjacent to an activating group) is 1. The molecule has 3 rings (SSSR count). The van der Waals surface area contributed by atoms with Crippen LogP contribution in [0.1, 0.15) is 29.6 Å². The van der Waals surface area contributed by atoms with E-state index in [1.165, 1.54) is 0 Å². The quantitative estimate of drug-likeness (QED) is 0.791. The zero-order valence-corrected chi connectivity index (χ0v) is 16.9. The summed E-state index contributed by atoms with van der Waals surface area (Å²) in [5.41, 5.74) is 0.477. The van der Waals surface area contributed by atoms with Gasteiger partial charge < -0.3 is 19.4 Å². The maximum Gasteiger partial charge on any atom is 0.257 e. The molecule has 2 aliphatic rings. The van der Waals surface area contributed by atoms with Gasteiger partial charge in [-0.2, -0.15) is 0 Å². The first-order valence-electron chi connectivity index (χ1n) is 9.59. The average Bonchev–Trinajstić information content (AvgIpc) is 2.91. The summed E-state index contributed by atoms with van der Waals surface area (Å²) in [6.45, 7) is 4.77. The van der Waals surface area contributed by atoms with Crippen molar-refractivity contribution in [2.24, 2.45) is 5.92 Å². The van der Waals surface area contributed by atoms with E-state index in [1.807, 2.05) is 4.90 Å². The highest BCUT2D eigenvalue weighted by Crippen LogP contribution is 2.27. The Labute approximate surface area is 166 Å². The molecule has 0 bridgehead atoms. The van der Waals surface area contributed by atoms with E-state index in [0.29, 0.717) is 42.3 Å². The molecule has 1 aromatic carbocycles. The van der Waals surface area contributed by atoms with Crippen LogP contribution in [-0.4, -0.2) is 79.9 Å². The van der Waals surface area contributed by atoms with Gasteiger partial charge in [0.2, 0.25) is 5.91 Å². The largest absolute Gasteiger partial charge is 0.496 e. The minimum absolute atomic E-state index is 0.0127. The standard InChI is InChI=1S/C20H28ClN3O3/c1-22-8-3-9-23(13-12-22)19(25)15-6-10-24(11-7-15)20(26)17-14-16(21)4-5-18(17)27-2/h4-5,14-15H,3,6-13H2,1-2H3. The summed E-state index contributed by atoms with van der Waals surface area (Å²) >= 11 is 6.05. The first-order valence-corrected chi connectivity index (χ1v) is 9.97. The summed E-state index contributed by atoms with van der Waals surface area (Å²) in [4.78, 5) is 31.8. The summed E-state index contributed by atoms with van der Waals surface area (Å²) in [6.07, 6.45) is 2.44. The van der Waals surface area contributed by atoms with Crippen molar-refractivity contribution in [3.63, 3.8) is 0 Å². The SMILES string of the molecule is COc1ccc(Cl)cc1C(=O)N1CCC(C(=O)N2CCCN(C)CC2)CC1. The van der Waals surface area contributed by atoms with E-state index in [-0.39, 0.29) is 17.7 Å². The lowest BCUT2D eigenvalue weighted by molar-refractivity contribution is -0.136. The van der Waals surface area contributed by atoms with Crippen LogP contribution in [0.25, 0.3) is 0 Å². The van der Waals surface area contributed by atoms with Crippen molar-refractivity contribution in [3.05, 3.63) is 28.8 Å². The van der Waals surface area contributed by atoms with Gasteiger partial charge in [-0.15, -0.1) is 0 Å². The fourth-order valence-corrected chi connectivity index (χ4v) is 4.04. The van der Waals surface area contributed by atoms with Crippen LogP contribution in [0.3, 0.4) is 0 Å². The fourth-order valence-electron chi connectivity index (χ4n) is 3.87. The number of amides is 2. The molecular formula is C20H28ClN3O3. The number of likely N-dealkylation sites (tertiary alicyclic amines) is 1. The number of hydrogen-bond donors (Lipinski definition) is 0. The third-order valence-electron chi connectivity index (χ3n) is 5.55. The third kappa shape index (κ3) is 4.74. The summed E-state index contributed by atoms with van der Waals surface area (Å²) < 4.78 is 5.30. The molecule has 6 nitrogen and oxygen atoms in total. The average molecular weight is 394 g/mol. The Morgan fingerprint density at radius 1 is 1.04 bits per heavy atom. The monoisotopic (exact) mass is 393 g/mol. The van der Waals surface area contributed by atoms with E-state index >= 15 is 0 Å². The molecule has 2 aliphatic heterocycles. The second-order valence-electron chi connectivity index (χ2n) is 7.39. The Morgan fingerprint density at radius 2 is 1.78 bits per heavy atom. The normalized spacial score (nSPS) is 19.7. The Bertz CT molecular complexity index is 689. The van der Waals surface area contributed by atoms with E-state index in [4.69, 9.17) is 16.3 Å². The van der Waals surface area contributed by atoms with Crippen LogP contribution in [0.5, 0.6) is 5.75 Å². The molecule has 0 radical (unpaired) electrons. The van der Waals surface area contributed by atoms with Crippen molar-refractivity contribution in [2.75, 3.05) is 53.4 Å². The molecule has 7 heteroatoms. The zero-order chi connectivity index (χ0) is 19.4. The van der Waals surface area contributed by atoms with Crippen LogP contribution >= 0.6 is 11.6 Å². The molecule has 0 spiro atoms. The van der Waals surface area contributed by atoms with Crippen molar-refractivity contribution in [3.8, 4) is 5.75 Å². The predicted molar refractivity (Wildman–Crippen MR) is 105 cm³/mol. The molecule has 2 amide bonds. The summed E-state index contributed by atoms with van der Waals surface area (Å²) in [5, 5.41) is 0.510. The van der Waals surface area contributed by atoms with Crippen LogP contribution in [-0.2, 0) is 4.79 Å². The highest BCUT2D eigenvalue weighted by Gasteiger charge is 2.31. The van der Waals surface area contributed by atoms with Crippen LogP contribution in [0.15, 0.2) is 18.2 Å². The molecule has 0 unspecified atom stereocenters. The van der Waals surface area contributed by atoms with Gasteiger partial charge in [-0.3, -0.25) is 9.59 Å². The van der Waals surface area contributed by atoms with E-state index in [9.17, 15) is 9.59 Å². The number of rotatable bonds is 3. The number of hydrogen-bond acceptors (Lipinski definition) is 4. The minimum Gasteiger partial charge on any atom is -0.496 e. The van der Waals surface area contributed by atoms with Crippen LogP contribution in [0.2, 0.25) is 5.02 Å². The van der Waals surface area contributed by atoms with Gasteiger partial charge in [-0.1, -0.05) is 11.6 Å². The van der Waals surface area contributed by atoms with Gasteiger partial charge >= 0.3 is 0 Å². The zero-order valence-electron chi connectivity index (χ0n) is 16.1. The molecular weight excluding hydrogens is 366 g/mol. The summed E-state index contributed by atoms with van der Waals surface area (Å²) in [6, 6.07) is 5.07. The highest BCUT2D eigenvalue weighted by atomic mass is 35.5. The maximum absolute atomic E-state index is 12.9. The number of carbonyl (C=O) groups is 2. The Balaban J connectivity index is 1.59. The second-order valence-corrected chi connectivity index (χ2v) is 7.83. The number of ether oxygens (including phenoxy) is 1. The van der Waals surface area contributed by atoms with Gasteiger partial charge in [0, 0.05) is 43.7 Å². The lowest BCUT2D eigenvalue weighted by Gasteiger charge is -2.34. The number of nitrogens with zero attached hydrogens (tertiary/aromatic N) is 3. The smallest absolute Gasteiger partial charge is 0.257 e. The summed E-state index contributed by atoms with van der Waals surface area (Å²) in [5.74, 6) is 0.699. The molecule has 2 saturated heterocycles. The van der Waals surface area contributed by atoms with E-state index in [0.717, 1.165) is 32.6 Å². The minimum atomic E-state index is -0.0864. The molecule has 0 aliphatic carbocycles. The topological polar surface area (TPSA) is 53.1 Å². The van der Waals surface area contributed by atoms with Crippen molar-refractivity contribution in [1.82, 2.24) is 14.7 Å². The third-order valence-corrected chi connectivity index (χ3v) is 5.79. The van der Waals surface area contributed by atoms with Crippen molar-refractivity contribution >= 4 is 23.4 Å². The van der Waals surface area contributed by atoms with E-state index in [1.54, 1.807) is 30.2 Å². The van der Waals surface area contributed by atoms with Crippen molar-refractivity contribution in [1.29, 1.82) is 0 Å². The van der Waals surface area contributed by atoms with Gasteiger partial charge in [0.25, 0.3) is 5.91 Å². The molecule has 0 aromatic heterocycles. The van der Waals surface area contributed by atoms with Crippen molar-refractivity contribution < 1.29 is 14.3 Å². The summed E-state index contributed by atoms with van der Waals surface area (Å²) in [7, 11) is 3.64. The number of benzene rings is 1. The lowest BCUT2D eigenvalue weighted by atomic mass is 9.94. The number of methoxy groups -OCH3 is 1. The van der Waals surface area contributed by atoms with Crippen molar-refractivity contribution in [2.45, 2.75) is 19.3 Å². The number of piperidine rings is 1. The van der Waals surface area contributed by atoms with Gasteiger partial charge in [-0.25, -0.2) is 0 Å². The Kier molecular flexibility index (Phi) is 6.60. The highest BCUT2D eigenvalue weighted by molar-refractivity contribution is 6.31.